The van der Waals surface area contributed by atoms with Gasteiger partial charge in [-0.15, -0.1) is 0 Å². The van der Waals surface area contributed by atoms with E-state index in [0.717, 1.165) is 17.5 Å². The van der Waals surface area contributed by atoms with Crippen molar-refractivity contribution in [2.75, 3.05) is 13.7 Å². The van der Waals surface area contributed by atoms with Crippen LogP contribution in [0.4, 0.5) is 0 Å². The van der Waals surface area contributed by atoms with Gasteiger partial charge in [-0.3, -0.25) is 4.79 Å². The molecule has 0 spiro atoms. The van der Waals surface area contributed by atoms with Crippen molar-refractivity contribution in [1.29, 1.82) is 0 Å². The summed E-state index contributed by atoms with van der Waals surface area (Å²) in [5.74, 6) is -0.301. The summed E-state index contributed by atoms with van der Waals surface area (Å²) in [5, 5.41) is 0. The molecular weight excluding hydrogens is 292 g/mol. The lowest BCUT2D eigenvalue weighted by Gasteiger charge is -2.32. The topological polar surface area (TPSA) is 49.9 Å². The first-order valence-corrected chi connectivity index (χ1v) is 7.49. The van der Waals surface area contributed by atoms with E-state index in [2.05, 4.69) is 0 Å². The molecule has 1 aromatic rings. The summed E-state index contributed by atoms with van der Waals surface area (Å²) >= 11 is 0. The summed E-state index contributed by atoms with van der Waals surface area (Å²) in [4.78, 5) is 27.0. The van der Waals surface area contributed by atoms with Crippen molar-refractivity contribution in [2.45, 2.75) is 13.1 Å². The third-order valence-electron chi connectivity index (χ3n) is 3.97. The van der Waals surface area contributed by atoms with Crippen molar-refractivity contribution in [1.82, 2.24) is 9.80 Å². The Hall–Kier alpha value is -2.82. The fourth-order valence-corrected chi connectivity index (χ4v) is 2.86. The Kier molecular flexibility index (Phi) is 4.02. The molecule has 2 heterocycles. The SMILES string of the molecule is CCOC(=O)C1=CC=CN2C=C(c3ccc(C=O)cc3)N(C)C12. The first kappa shape index (κ1) is 15.1. The predicted molar refractivity (Wildman–Crippen MR) is 87.1 cm³/mol. The molecule has 1 aromatic carbocycles. The number of esters is 1. The molecule has 23 heavy (non-hydrogen) atoms. The number of benzene rings is 1. The number of ether oxygens (including phenoxy) is 1. The maximum absolute atomic E-state index is 12.2. The zero-order chi connectivity index (χ0) is 16.4. The average Bonchev–Trinajstić information content (AvgIpc) is 2.92. The van der Waals surface area contributed by atoms with Crippen molar-refractivity contribution in [2.24, 2.45) is 0 Å². The molecule has 1 unspecified atom stereocenters. The first-order valence-electron chi connectivity index (χ1n) is 7.49. The number of nitrogens with zero attached hydrogens (tertiary/aromatic N) is 2. The van der Waals surface area contributed by atoms with Crippen molar-refractivity contribution >= 4 is 18.0 Å². The number of carbonyl (C=O) groups is 2. The lowest BCUT2D eigenvalue weighted by atomic mass is 10.1. The van der Waals surface area contributed by atoms with Gasteiger partial charge in [-0.1, -0.05) is 24.3 Å². The van der Waals surface area contributed by atoms with Gasteiger partial charge in [-0.2, -0.15) is 0 Å². The molecule has 0 N–H and O–H groups in total. The van der Waals surface area contributed by atoms with Crippen LogP contribution < -0.4 is 0 Å². The van der Waals surface area contributed by atoms with Crippen molar-refractivity contribution in [3.8, 4) is 0 Å². The fraction of sp³-hybridized carbons (Fsp3) is 0.222. The Balaban J connectivity index is 1.89. The molecule has 0 aromatic heterocycles. The third-order valence-corrected chi connectivity index (χ3v) is 3.97. The Morgan fingerprint density at radius 2 is 2.04 bits per heavy atom. The third kappa shape index (κ3) is 2.65. The maximum Gasteiger partial charge on any atom is 0.338 e. The minimum atomic E-state index is -0.301. The van der Waals surface area contributed by atoms with Gasteiger partial charge in [-0.05, 0) is 24.6 Å². The summed E-state index contributed by atoms with van der Waals surface area (Å²) < 4.78 is 5.15. The Bertz CT molecular complexity index is 716. The molecule has 2 aliphatic rings. The summed E-state index contributed by atoms with van der Waals surface area (Å²) in [6.07, 6.45) is 8.16. The van der Waals surface area contributed by atoms with Crippen LogP contribution in [0.1, 0.15) is 22.8 Å². The normalized spacial score (nSPS) is 19.1. The highest BCUT2D eigenvalue weighted by atomic mass is 16.5. The van der Waals surface area contributed by atoms with Crippen LogP contribution in [0.2, 0.25) is 0 Å². The van der Waals surface area contributed by atoms with Gasteiger partial charge in [0.05, 0.1) is 17.9 Å². The standard InChI is InChI=1S/C18H18N2O3/c1-3-23-18(22)15-5-4-10-20-11-16(19(2)17(15)20)14-8-6-13(12-21)7-9-14/h4-12,17H,3H2,1-2H3. The van der Waals surface area contributed by atoms with E-state index in [9.17, 15) is 9.59 Å². The highest BCUT2D eigenvalue weighted by Gasteiger charge is 2.36. The summed E-state index contributed by atoms with van der Waals surface area (Å²) in [6, 6.07) is 7.38. The van der Waals surface area contributed by atoms with Crippen molar-refractivity contribution in [3.05, 3.63) is 65.5 Å². The second kappa shape index (κ2) is 6.12. The van der Waals surface area contributed by atoms with E-state index in [4.69, 9.17) is 4.74 Å². The summed E-state index contributed by atoms with van der Waals surface area (Å²) in [7, 11) is 1.94. The number of likely N-dealkylation sites (N-methyl/N-ethyl adjacent to an activating group) is 1. The second-order valence-electron chi connectivity index (χ2n) is 5.37. The molecule has 5 nitrogen and oxygen atoms in total. The van der Waals surface area contributed by atoms with Gasteiger partial charge in [-0.25, -0.2) is 4.79 Å². The fourth-order valence-electron chi connectivity index (χ4n) is 2.86. The van der Waals surface area contributed by atoms with E-state index in [0.29, 0.717) is 17.7 Å². The molecule has 5 heteroatoms. The molecule has 0 bridgehead atoms. The quantitative estimate of drug-likeness (QED) is 0.631. The van der Waals surface area contributed by atoms with Crippen molar-refractivity contribution < 1.29 is 14.3 Å². The van der Waals surface area contributed by atoms with Gasteiger partial charge in [0.1, 0.15) is 12.5 Å². The molecule has 1 atom stereocenters. The minimum Gasteiger partial charge on any atom is -0.463 e. The largest absolute Gasteiger partial charge is 0.463 e. The zero-order valence-corrected chi connectivity index (χ0v) is 13.1. The van der Waals surface area contributed by atoms with Crippen LogP contribution in [-0.2, 0) is 9.53 Å². The number of carbonyl (C=O) groups excluding carboxylic acids is 2. The van der Waals surface area contributed by atoms with Crippen molar-refractivity contribution in [3.63, 3.8) is 0 Å². The van der Waals surface area contributed by atoms with E-state index < -0.39 is 0 Å². The number of aldehydes is 1. The van der Waals surface area contributed by atoms with Gasteiger partial charge in [0.25, 0.3) is 0 Å². The van der Waals surface area contributed by atoms with Crippen LogP contribution >= 0.6 is 0 Å². The molecule has 118 valence electrons. The average molecular weight is 310 g/mol. The molecule has 0 aliphatic carbocycles. The van der Waals surface area contributed by atoms with E-state index in [1.54, 1.807) is 25.1 Å². The van der Waals surface area contributed by atoms with E-state index in [1.807, 2.05) is 47.5 Å². The number of hydrogen-bond donors (Lipinski definition) is 0. The van der Waals surface area contributed by atoms with Crippen LogP contribution in [0.25, 0.3) is 5.70 Å². The minimum absolute atomic E-state index is 0.209. The first-order chi connectivity index (χ1) is 11.2. The summed E-state index contributed by atoms with van der Waals surface area (Å²) in [6.45, 7) is 2.15. The number of allylic oxidation sites excluding steroid dienone is 2. The van der Waals surface area contributed by atoms with Gasteiger partial charge >= 0.3 is 5.97 Å². The summed E-state index contributed by atoms with van der Waals surface area (Å²) in [5.41, 5.74) is 3.21. The van der Waals surface area contributed by atoms with Crippen LogP contribution in [0.5, 0.6) is 0 Å². The van der Waals surface area contributed by atoms with Gasteiger partial charge in [0.15, 0.2) is 0 Å². The van der Waals surface area contributed by atoms with Crippen LogP contribution in [0.15, 0.2) is 54.4 Å². The molecule has 0 saturated heterocycles. The molecule has 0 saturated carbocycles. The van der Waals surface area contributed by atoms with Crippen LogP contribution in [-0.4, -0.2) is 41.9 Å². The lowest BCUT2D eigenvalue weighted by Crippen LogP contribution is -2.40. The molecule has 2 aliphatic heterocycles. The number of hydrogen-bond acceptors (Lipinski definition) is 5. The molecular formula is C18H18N2O3. The smallest absolute Gasteiger partial charge is 0.338 e. The van der Waals surface area contributed by atoms with E-state index in [-0.39, 0.29) is 12.1 Å². The lowest BCUT2D eigenvalue weighted by molar-refractivity contribution is -0.139. The number of fused-ring (bicyclic) bond motifs is 1. The Labute approximate surface area is 135 Å². The number of rotatable bonds is 4. The monoisotopic (exact) mass is 310 g/mol. The van der Waals surface area contributed by atoms with E-state index >= 15 is 0 Å². The van der Waals surface area contributed by atoms with Gasteiger partial charge < -0.3 is 14.5 Å². The Morgan fingerprint density at radius 3 is 2.70 bits per heavy atom. The highest BCUT2D eigenvalue weighted by molar-refractivity contribution is 5.91. The predicted octanol–water partition coefficient (Wildman–Crippen LogP) is 2.39. The molecule has 0 amide bonds. The van der Waals surface area contributed by atoms with Crippen LogP contribution in [0.3, 0.4) is 0 Å². The Morgan fingerprint density at radius 1 is 1.30 bits per heavy atom. The highest BCUT2D eigenvalue weighted by Crippen LogP contribution is 2.34. The zero-order valence-electron chi connectivity index (χ0n) is 13.1. The molecule has 0 radical (unpaired) electrons. The van der Waals surface area contributed by atoms with Crippen LogP contribution in [0, 0.1) is 0 Å². The molecule has 0 fully saturated rings. The molecule has 3 rings (SSSR count). The van der Waals surface area contributed by atoms with Gasteiger partial charge in [0, 0.05) is 25.0 Å². The van der Waals surface area contributed by atoms with E-state index in [1.165, 1.54) is 0 Å². The van der Waals surface area contributed by atoms with Gasteiger partial charge in [0.2, 0.25) is 0 Å². The maximum atomic E-state index is 12.2. The second-order valence-corrected chi connectivity index (χ2v) is 5.37.